The molecule has 0 bridgehead atoms. The summed E-state index contributed by atoms with van der Waals surface area (Å²) in [6.45, 7) is 3.51. The Balaban J connectivity index is 1.51. The fraction of sp³-hybridized carbons (Fsp3) is 0.238. The zero-order valence-corrected chi connectivity index (χ0v) is 15.6. The van der Waals surface area contributed by atoms with Gasteiger partial charge in [0.05, 0.1) is 0 Å². The van der Waals surface area contributed by atoms with E-state index in [0.29, 0.717) is 12.5 Å². The molecule has 4 nitrogen and oxygen atoms in total. The largest absolute Gasteiger partial charge is 0.366 e. The van der Waals surface area contributed by atoms with E-state index in [1.165, 1.54) is 5.56 Å². The molecule has 26 heavy (non-hydrogen) atoms. The fourth-order valence-electron chi connectivity index (χ4n) is 2.67. The third-order valence-corrected chi connectivity index (χ3v) is 4.26. The number of halogens is 1. The summed E-state index contributed by atoms with van der Waals surface area (Å²) >= 11 is 5.92. The van der Waals surface area contributed by atoms with E-state index in [4.69, 9.17) is 11.6 Å². The molecule has 0 unspecified atom stereocenters. The van der Waals surface area contributed by atoms with Crippen LogP contribution in [0.4, 0.5) is 11.8 Å². The molecule has 134 valence electrons. The van der Waals surface area contributed by atoms with Crippen LogP contribution in [0.2, 0.25) is 5.02 Å². The minimum Gasteiger partial charge on any atom is -0.366 e. The van der Waals surface area contributed by atoms with Crippen molar-refractivity contribution in [3.63, 3.8) is 0 Å². The van der Waals surface area contributed by atoms with Crippen molar-refractivity contribution in [2.45, 2.75) is 26.3 Å². The predicted molar refractivity (Wildman–Crippen MR) is 109 cm³/mol. The lowest BCUT2D eigenvalue weighted by molar-refractivity contribution is 0.851. The van der Waals surface area contributed by atoms with E-state index < -0.39 is 0 Å². The van der Waals surface area contributed by atoms with Gasteiger partial charge in [-0.15, -0.1) is 0 Å². The number of aryl methyl sites for hydroxylation is 2. The molecule has 0 amide bonds. The van der Waals surface area contributed by atoms with Crippen LogP contribution in [0.3, 0.4) is 0 Å². The molecule has 0 atom stereocenters. The zero-order valence-electron chi connectivity index (χ0n) is 14.9. The first-order valence-corrected chi connectivity index (χ1v) is 9.18. The molecular weight excluding hydrogens is 344 g/mol. The van der Waals surface area contributed by atoms with E-state index >= 15 is 0 Å². The molecular formula is C21H23ClN4. The van der Waals surface area contributed by atoms with Crippen molar-refractivity contribution in [1.82, 2.24) is 9.97 Å². The van der Waals surface area contributed by atoms with Crippen molar-refractivity contribution in [2.24, 2.45) is 0 Å². The van der Waals surface area contributed by atoms with Crippen molar-refractivity contribution >= 4 is 23.4 Å². The number of aromatic nitrogens is 2. The quantitative estimate of drug-likeness (QED) is 0.545. The van der Waals surface area contributed by atoms with Crippen LogP contribution in [-0.4, -0.2) is 16.5 Å². The molecule has 3 rings (SSSR count). The van der Waals surface area contributed by atoms with E-state index in [0.717, 1.165) is 41.5 Å². The number of nitrogens with one attached hydrogen (secondary N) is 2. The summed E-state index contributed by atoms with van der Waals surface area (Å²) in [5.74, 6) is 1.48. The second-order valence-electron chi connectivity index (χ2n) is 6.21. The number of nitrogens with zero attached hydrogens (tertiary/aromatic N) is 2. The molecule has 2 N–H and O–H groups in total. The zero-order chi connectivity index (χ0) is 18.2. The van der Waals surface area contributed by atoms with E-state index in [1.54, 1.807) is 0 Å². The van der Waals surface area contributed by atoms with Crippen LogP contribution >= 0.6 is 11.6 Å². The first-order chi connectivity index (χ1) is 12.7. The molecule has 0 radical (unpaired) electrons. The first-order valence-electron chi connectivity index (χ1n) is 8.81. The summed E-state index contributed by atoms with van der Waals surface area (Å²) in [6.07, 6.45) is 2.08. The summed E-state index contributed by atoms with van der Waals surface area (Å²) < 4.78 is 0. The molecule has 3 aromatic rings. The van der Waals surface area contributed by atoms with E-state index in [1.807, 2.05) is 43.3 Å². The molecule has 0 aliphatic heterocycles. The molecule has 0 saturated heterocycles. The molecule has 1 heterocycles. The highest BCUT2D eigenvalue weighted by Gasteiger charge is 2.03. The molecule has 0 aliphatic rings. The van der Waals surface area contributed by atoms with Gasteiger partial charge in [0.25, 0.3) is 0 Å². The van der Waals surface area contributed by atoms with Gasteiger partial charge in [-0.1, -0.05) is 54.1 Å². The van der Waals surface area contributed by atoms with E-state index in [2.05, 4.69) is 44.9 Å². The molecule has 0 fully saturated rings. The SMILES string of the molecule is Cc1cc(NCc2ccc(Cl)cc2)nc(NCCCc2ccccc2)n1. The maximum atomic E-state index is 5.92. The van der Waals surface area contributed by atoms with Gasteiger partial charge in [0.1, 0.15) is 5.82 Å². The van der Waals surface area contributed by atoms with Crippen molar-refractivity contribution < 1.29 is 0 Å². The van der Waals surface area contributed by atoms with Gasteiger partial charge in [-0.05, 0) is 43.0 Å². The van der Waals surface area contributed by atoms with Gasteiger partial charge >= 0.3 is 0 Å². The molecule has 1 aromatic heterocycles. The summed E-state index contributed by atoms with van der Waals surface area (Å²) in [4.78, 5) is 9.02. The third kappa shape index (κ3) is 5.74. The molecule has 2 aromatic carbocycles. The molecule has 5 heteroatoms. The number of hydrogen-bond acceptors (Lipinski definition) is 4. The van der Waals surface area contributed by atoms with Gasteiger partial charge in [0.15, 0.2) is 0 Å². The molecule has 0 spiro atoms. The average molecular weight is 367 g/mol. The third-order valence-electron chi connectivity index (χ3n) is 4.01. The monoisotopic (exact) mass is 366 g/mol. The van der Waals surface area contributed by atoms with Gasteiger partial charge < -0.3 is 10.6 Å². The first kappa shape index (κ1) is 18.2. The Bertz CT molecular complexity index is 819. The summed E-state index contributed by atoms with van der Waals surface area (Å²) in [5.41, 5.74) is 3.44. The molecule has 0 aliphatic carbocycles. The highest BCUT2D eigenvalue weighted by atomic mass is 35.5. The van der Waals surface area contributed by atoms with Crippen molar-refractivity contribution in [3.05, 3.63) is 82.5 Å². The van der Waals surface area contributed by atoms with Gasteiger partial charge in [-0.25, -0.2) is 4.98 Å². The van der Waals surface area contributed by atoms with Gasteiger partial charge in [-0.2, -0.15) is 4.98 Å². The fourth-order valence-corrected chi connectivity index (χ4v) is 2.80. The Hall–Kier alpha value is -2.59. The lowest BCUT2D eigenvalue weighted by atomic mass is 10.1. The van der Waals surface area contributed by atoms with Crippen molar-refractivity contribution in [1.29, 1.82) is 0 Å². The average Bonchev–Trinajstić information content (AvgIpc) is 2.65. The lowest BCUT2D eigenvalue weighted by Crippen LogP contribution is -2.09. The Morgan fingerprint density at radius 3 is 2.42 bits per heavy atom. The predicted octanol–water partition coefficient (Wildman–Crippen LogP) is 5.10. The van der Waals surface area contributed by atoms with Crippen LogP contribution < -0.4 is 10.6 Å². The van der Waals surface area contributed by atoms with E-state index in [-0.39, 0.29) is 0 Å². The van der Waals surface area contributed by atoms with Crippen LogP contribution in [0, 0.1) is 6.92 Å². The molecule has 0 saturated carbocycles. The minimum absolute atomic E-state index is 0.664. The lowest BCUT2D eigenvalue weighted by Gasteiger charge is -2.10. The van der Waals surface area contributed by atoms with Crippen molar-refractivity contribution in [2.75, 3.05) is 17.2 Å². The Labute approximate surface area is 159 Å². The second kappa shape index (κ2) is 9.20. The van der Waals surface area contributed by atoms with Gasteiger partial charge in [0, 0.05) is 29.9 Å². The summed E-state index contributed by atoms with van der Waals surface area (Å²) in [5, 5.41) is 7.41. The smallest absolute Gasteiger partial charge is 0.224 e. The maximum Gasteiger partial charge on any atom is 0.224 e. The number of hydrogen-bond donors (Lipinski definition) is 2. The summed E-state index contributed by atoms with van der Waals surface area (Å²) in [7, 11) is 0. The van der Waals surface area contributed by atoms with Gasteiger partial charge in [-0.3, -0.25) is 0 Å². The normalized spacial score (nSPS) is 10.5. The van der Waals surface area contributed by atoms with Crippen LogP contribution in [0.1, 0.15) is 23.2 Å². The second-order valence-corrected chi connectivity index (χ2v) is 6.65. The van der Waals surface area contributed by atoms with E-state index in [9.17, 15) is 0 Å². The topological polar surface area (TPSA) is 49.8 Å². The van der Waals surface area contributed by atoms with Crippen LogP contribution in [0.15, 0.2) is 60.7 Å². The maximum absolute atomic E-state index is 5.92. The van der Waals surface area contributed by atoms with Gasteiger partial charge in [0.2, 0.25) is 5.95 Å². The number of anilines is 2. The Kier molecular flexibility index (Phi) is 6.45. The van der Waals surface area contributed by atoms with Crippen LogP contribution in [0.25, 0.3) is 0 Å². The minimum atomic E-state index is 0.664. The summed E-state index contributed by atoms with van der Waals surface area (Å²) in [6, 6.07) is 20.2. The Morgan fingerprint density at radius 2 is 1.65 bits per heavy atom. The number of benzene rings is 2. The van der Waals surface area contributed by atoms with Crippen LogP contribution in [-0.2, 0) is 13.0 Å². The standard InChI is InChI=1S/C21H23ClN4/c1-16-14-20(24-15-18-9-11-19(22)12-10-18)26-21(25-16)23-13-5-8-17-6-3-2-4-7-17/h2-4,6-7,9-12,14H,5,8,13,15H2,1H3,(H2,23,24,25,26). The Morgan fingerprint density at radius 1 is 0.885 bits per heavy atom. The number of rotatable bonds is 8. The van der Waals surface area contributed by atoms with Crippen LogP contribution in [0.5, 0.6) is 0 Å². The highest BCUT2D eigenvalue weighted by Crippen LogP contribution is 2.13. The van der Waals surface area contributed by atoms with Crippen molar-refractivity contribution in [3.8, 4) is 0 Å². The highest BCUT2D eigenvalue weighted by molar-refractivity contribution is 6.30.